The van der Waals surface area contributed by atoms with Gasteiger partial charge in [0.05, 0.1) is 0 Å². The van der Waals surface area contributed by atoms with Gasteiger partial charge in [-0.1, -0.05) is 211 Å². The summed E-state index contributed by atoms with van der Waals surface area (Å²) in [5, 5.41) is 0. The number of unbranched alkanes of at least 4 members (excludes halogenated alkanes) is 33. The van der Waals surface area contributed by atoms with Crippen LogP contribution in [0.4, 0.5) is 0 Å². The van der Waals surface area contributed by atoms with Crippen molar-refractivity contribution < 1.29 is 28.6 Å². The molecular weight excluding hydrogens is 781 g/mol. The van der Waals surface area contributed by atoms with Gasteiger partial charge in [0, 0.05) is 19.3 Å². The fourth-order valence-corrected chi connectivity index (χ4v) is 7.90. The van der Waals surface area contributed by atoms with Gasteiger partial charge >= 0.3 is 17.9 Å². The van der Waals surface area contributed by atoms with Crippen molar-refractivity contribution in [2.75, 3.05) is 13.2 Å². The quantitative estimate of drug-likeness (QED) is 0.0262. The Morgan fingerprint density at radius 1 is 0.302 bits per heavy atom. The molecule has 0 unspecified atom stereocenters. The summed E-state index contributed by atoms with van der Waals surface area (Å²) in [5.74, 6) is -0.948. The molecule has 0 amide bonds. The molecule has 0 heterocycles. The minimum atomic E-state index is -0.797. The molecule has 0 aliphatic carbocycles. The first kappa shape index (κ1) is 60.6. The van der Waals surface area contributed by atoms with Crippen LogP contribution in [0.3, 0.4) is 0 Å². The van der Waals surface area contributed by atoms with Gasteiger partial charge in [-0.2, -0.15) is 0 Å². The van der Waals surface area contributed by atoms with E-state index in [1.807, 2.05) is 0 Å². The molecule has 0 aromatic heterocycles. The molecule has 0 saturated heterocycles. The summed E-state index contributed by atoms with van der Waals surface area (Å²) < 4.78 is 16.8. The standard InChI is InChI=1S/C57H104O6/c1-4-7-10-13-16-19-22-25-28-31-34-37-40-43-46-49-55(58)61-52-54(63-57(60)51-48-45-42-39-36-33-30-27-24-21-18-15-12-9-6-3)53-62-56(59)50-47-44-41-38-35-32-29-26-23-20-17-14-11-8-5-2/h34-39,54H,4-33,40-53H2,1-3H3/b37-34-,38-35-,39-36-. The maximum atomic E-state index is 12.8. The number of hydrogen-bond acceptors (Lipinski definition) is 6. The van der Waals surface area contributed by atoms with Crippen molar-refractivity contribution in [1.82, 2.24) is 0 Å². The summed E-state index contributed by atoms with van der Waals surface area (Å²) in [6.45, 7) is 6.61. The summed E-state index contributed by atoms with van der Waals surface area (Å²) in [5.41, 5.74) is 0. The largest absolute Gasteiger partial charge is 0.462 e. The maximum Gasteiger partial charge on any atom is 0.306 e. The van der Waals surface area contributed by atoms with E-state index in [1.54, 1.807) is 0 Å². The van der Waals surface area contributed by atoms with E-state index in [0.717, 1.165) is 77.0 Å². The lowest BCUT2D eigenvalue weighted by Gasteiger charge is -2.18. The normalized spacial score (nSPS) is 11.8. The van der Waals surface area contributed by atoms with Crippen LogP contribution < -0.4 is 0 Å². The molecule has 0 radical (unpaired) electrons. The van der Waals surface area contributed by atoms with Gasteiger partial charge < -0.3 is 14.2 Å². The van der Waals surface area contributed by atoms with E-state index in [4.69, 9.17) is 14.2 Å². The Bertz CT molecular complexity index is 1010. The molecule has 0 spiro atoms. The molecule has 0 aliphatic rings. The van der Waals surface area contributed by atoms with Gasteiger partial charge in [-0.25, -0.2) is 0 Å². The molecule has 6 heteroatoms. The molecule has 0 atom stereocenters. The van der Waals surface area contributed by atoms with E-state index in [0.29, 0.717) is 19.3 Å². The Morgan fingerprint density at radius 2 is 0.524 bits per heavy atom. The first-order valence-electron chi connectivity index (χ1n) is 27.5. The van der Waals surface area contributed by atoms with Crippen molar-refractivity contribution >= 4 is 17.9 Å². The van der Waals surface area contributed by atoms with Crippen LogP contribution in [0.5, 0.6) is 0 Å². The zero-order valence-electron chi connectivity index (χ0n) is 42.1. The molecule has 368 valence electrons. The van der Waals surface area contributed by atoms with Gasteiger partial charge in [-0.15, -0.1) is 0 Å². The minimum absolute atomic E-state index is 0.0954. The van der Waals surface area contributed by atoms with Crippen molar-refractivity contribution in [2.24, 2.45) is 0 Å². The van der Waals surface area contributed by atoms with E-state index >= 15 is 0 Å². The second kappa shape index (κ2) is 52.3. The summed E-state index contributed by atoms with van der Waals surface area (Å²) in [4.78, 5) is 38.0. The third-order valence-corrected chi connectivity index (χ3v) is 12.1. The van der Waals surface area contributed by atoms with E-state index < -0.39 is 6.10 Å². The van der Waals surface area contributed by atoms with Crippen molar-refractivity contribution in [1.29, 1.82) is 0 Å². The van der Waals surface area contributed by atoms with E-state index in [9.17, 15) is 14.4 Å². The lowest BCUT2D eigenvalue weighted by atomic mass is 10.1. The molecule has 6 nitrogen and oxygen atoms in total. The number of hydrogen-bond donors (Lipinski definition) is 0. The molecule has 0 saturated carbocycles. The molecule has 0 N–H and O–H groups in total. The third kappa shape index (κ3) is 50.5. The number of esters is 3. The molecule has 0 aromatic carbocycles. The Labute approximate surface area is 391 Å². The summed E-state index contributed by atoms with van der Waals surface area (Å²) in [7, 11) is 0. The Hall–Kier alpha value is -2.37. The Kier molecular flexibility index (Phi) is 50.3. The van der Waals surface area contributed by atoms with Crippen LogP contribution in [0.15, 0.2) is 36.5 Å². The second-order valence-corrected chi connectivity index (χ2v) is 18.5. The van der Waals surface area contributed by atoms with Crippen LogP contribution in [0, 0.1) is 0 Å². The third-order valence-electron chi connectivity index (χ3n) is 12.1. The van der Waals surface area contributed by atoms with Crippen molar-refractivity contribution in [3.8, 4) is 0 Å². The first-order valence-corrected chi connectivity index (χ1v) is 27.5. The zero-order chi connectivity index (χ0) is 45.8. The van der Waals surface area contributed by atoms with Crippen LogP contribution in [0.25, 0.3) is 0 Å². The van der Waals surface area contributed by atoms with Crippen LogP contribution in [-0.4, -0.2) is 37.2 Å². The molecule has 0 aromatic rings. The summed E-state index contributed by atoms with van der Waals surface area (Å²) in [6, 6.07) is 0. The van der Waals surface area contributed by atoms with Gasteiger partial charge in [-0.3, -0.25) is 14.4 Å². The van der Waals surface area contributed by atoms with Crippen LogP contribution in [0.1, 0.15) is 290 Å². The molecule has 0 bridgehead atoms. The highest BCUT2D eigenvalue weighted by Gasteiger charge is 2.19. The summed E-state index contributed by atoms with van der Waals surface area (Å²) >= 11 is 0. The number of rotatable bonds is 50. The highest BCUT2D eigenvalue weighted by Crippen LogP contribution is 2.15. The highest BCUT2D eigenvalue weighted by atomic mass is 16.6. The lowest BCUT2D eigenvalue weighted by molar-refractivity contribution is -0.167. The second-order valence-electron chi connectivity index (χ2n) is 18.5. The highest BCUT2D eigenvalue weighted by molar-refractivity contribution is 5.71. The fraction of sp³-hybridized carbons (Fsp3) is 0.842. The van der Waals surface area contributed by atoms with Gasteiger partial charge in [0.15, 0.2) is 6.10 Å². The van der Waals surface area contributed by atoms with Gasteiger partial charge in [0.25, 0.3) is 0 Å². The number of ether oxygens (including phenoxy) is 3. The molecule has 0 fully saturated rings. The average molecular weight is 885 g/mol. The zero-order valence-corrected chi connectivity index (χ0v) is 42.1. The van der Waals surface area contributed by atoms with Crippen LogP contribution >= 0.6 is 0 Å². The van der Waals surface area contributed by atoms with E-state index in [1.165, 1.54) is 173 Å². The molecular formula is C57H104O6. The summed E-state index contributed by atoms with van der Waals surface area (Å²) in [6.07, 6.45) is 61.4. The maximum absolute atomic E-state index is 12.8. The monoisotopic (exact) mass is 885 g/mol. The van der Waals surface area contributed by atoms with Crippen LogP contribution in [-0.2, 0) is 28.6 Å². The van der Waals surface area contributed by atoms with Gasteiger partial charge in [0.2, 0.25) is 0 Å². The SMILES string of the molecule is CCCCCCCCCCC/C=C\CCCCC(=O)OCC(COC(=O)CCCC/C=C\CCCCCCCCCCC)OC(=O)CCCC/C=C\CCCCCCCCCCC. The molecule has 0 aliphatic heterocycles. The van der Waals surface area contributed by atoms with Gasteiger partial charge in [-0.05, 0) is 96.3 Å². The first-order chi connectivity index (χ1) is 31.0. The number of carbonyl (C=O) groups excluding carboxylic acids is 3. The van der Waals surface area contributed by atoms with E-state index in [-0.39, 0.29) is 31.1 Å². The predicted octanol–water partition coefficient (Wildman–Crippen LogP) is 18.1. The smallest absolute Gasteiger partial charge is 0.306 e. The van der Waals surface area contributed by atoms with Crippen molar-refractivity contribution in [3.05, 3.63) is 36.5 Å². The molecule has 0 rings (SSSR count). The fourth-order valence-electron chi connectivity index (χ4n) is 7.90. The van der Waals surface area contributed by atoms with Crippen molar-refractivity contribution in [3.63, 3.8) is 0 Å². The Balaban J connectivity index is 4.43. The predicted molar refractivity (Wildman–Crippen MR) is 270 cm³/mol. The van der Waals surface area contributed by atoms with Crippen molar-refractivity contribution in [2.45, 2.75) is 297 Å². The topological polar surface area (TPSA) is 78.9 Å². The lowest BCUT2D eigenvalue weighted by Crippen LogP contribution is -2.30. The molecule has 63 heavy (non-hydrogen) atoms. The number of carbonyl (C=O) groups is 3. The number of allylic oxidation sites excluding steroid dienone is 6. The van der Waals surface area contributed by atoms with Gasteiger partial charge in [0.1, 0.15) is 13.2 Å². The Morgan fingerprint density at radius 3 is 0.794 bits per heavy atom. The average Bonchev–Trinajstić information content (AvgIpc) is 3.28. The van der Waals surface area contributed by atoms with E-state index in [2.05, 4.69) is 57.2 Å². The van der Waals surface area contributed by atoms with Crippen LogP contribution in [0.2, 0.25) is 0 Å². The minimum Gasteiger partial charge on any atom is -0.462 e.